The molecule has 5 aromatic rings. The predicted molar refractivity (Wildman–Crippen MR) is 129 cm³/mol. The normalized spacial score (nSPS) is 10.6. The first-order valence-corrected chi connectivity index (χ1v) is 10.6. The van der Waals surface area contributed by atoms with Crippen LogP contribution in [0.2, 0.25) is 0 Å². The molecular formula is C24H16BrClN5O2-. The number of amides is 1. The molecule has 0 saturated carbocycles. The van der Waals surface area contributed by atoms with Crippen LogP contribution >= 0.6 is 15.9 Å². The van der Waals surface area contributed by atoms with Crippen LogP contribution in [0.4, 0.5) is 17.2 Å². The van der Waals surface area contributed by atoms with E-state index in [1.54, 1.807) is 42.6 Å². The van der Waals surface area contributed by atoms with Crippen molar-refractivity contribution in [2.75, 3.05) is 10.6 Å². The van der Waals surface area contributed by atoms with Crippen LogP contribution in [0.25, 0.3) is 16.7 Å². The largest absolute Gasteiger partial charge is 1.00 e. The summed E-state index contributed by atoms with van der Waals surface area (Å²) < 4.78 is 1.95. The van der Waals surface area contributed by atoms with E-state index in [1.165, 1.54) is 4.40 Å². The lowest BCUT2D eigenvalue weighted by molar-refractivity contribution is -0.0000140. The summed E-state index contributed by atoms with van der Waals surface area (Å²) in [4.78, 5) is 34.7. The molecule has 9 heteroatoms. The Kier molecular flexibility index (Phi) is 6.39. The number of aromatic nitrogens is 3. The fourth-order valence-corrected chi connectivity index (χ4v) is 3.78. The Balaban J connectivity index is 0.00000259. The maximum absolute atomic E-state index is 12.9. The third kappa shape index (κ3) is 4.44. The number of carbonyl (C=O) groups is 1. The maximum atomic E-state index is 12.9. The molecule has 0 aliphatic carbocycles. The second-order valence-corrected chi connectivity index (χ2v) is 7.89. The molecule has 0 radical (unpaired) electrons. The Labute approximate surface area is 203 Å². The van der Waals surface area contributed by atoms with E-state index in [2.05, 4.69) is 36.5 Å². The minimum Gasteiger partial charge on any atom is -1.00 e. The first-order valence-electron chi connectivity index (χ1n) is 9.80. The van der Waals surface area contributed by atoms with Gasteiger partial charge in [0.15, 0.2) is 0 Å². The molecule has 164 valence electrons. The molecule has 3 aromatic carbocycles. The van der Waals surface area contributed by atoms with E-state index < -0.39 is 0 Å². The van der Waals surface area contributed by atoms with E-state index in [1.807, 2.05) is 42.5 Å². The Hall–Kier alpha value is -3.75. The highest BCUT2D eigenvalue weighted by Gasteiger charge is 2.15. The molecule has 0 bridgehead atoms. The van der Waals surface area contributed by atoms with Gasteiger partial charge in [0.2, 0.25) is 5.78 Å². The molecule has 0 saturated heterocycles. The molecule has 0 spiro atoms. The van der Waals surface area contributed by atoms with Crippen LogP contribution in [0, 0.1) is 0 Å². The number of fused-ring (bicyclic) bond motifs is 2. The van der Waals surface area contributed by atoms with Gasteiger partial charge in [-0.2, -0.15) is 4.98 Å². The molecular weight excluding hydrogens is 506 g/mol. The zero-order valence-corrected chi connectivity index (χ0v) is 19.3. The number of nitrogens with one attached hydrogen (secondary N) is 2. The van der Waals surface area contributed by atoms with Crippen LogP contribution in [-0.2, 0) is 0 Å². The van der Waals surface area contributed by atoms with E-state index in [4.69, 9.17) is 0 Å². The van der Waals surface area contributed by atoms with Crippen molar-refractivity contribution >= 4 is 55.7 Å². The molecule has 7 nitrogen and oxygen atoms in total. The van der Waals surface area contributed by atoms with E-state index in [0.29, 0.717) is 38.1 Å². The van der Waals surface area contributed by atoms with Gasteiger partial charge in [-0.15, -0.1) is 0 Å². The first-order chi connectivity index (χ1) is 15.6. The van der Waals surface area contributed by atoms with Crippen LogP contribution in [0.3, 0.4) is 0 Å². The Morgan fingerprint density at radius 1 is 0.879 bits per heavy atom. The molecule has 2 N–H and O–H groups in total. The highest BCUT2D eigenvalue weighted by molar-refractivity contribution is 9.10. The van der Waals surface area contributed by atoms with E-state index >= 15 is 0 Å². The van der Waals surface area contributed by atoms with Crippen LogP contribution < -0.4 is 28.6 Å². The van der Waals surface area contributed by atoms with Gasteiger partial charge in [0.1, 0.15) is 5.82 Å². The second-order valence-electron chi connectivity index (χ2n) is 7.03. The molecule has 0 unspecified atom stereocenters. The average Bonchev–Trinajstić information content (AvgIpc) is 2.81. The minimum absolute atomic E-state index is 0. The maximum Gasteiger partial charge on any atom is 0.266 e. The summed E-state index contributed by atoms with van der Waals surface area (Å²) in [6.07, 6.45) is 1.62. The van der Waals surface area contributed by atoms with Gasteiger partial charge >= 0.3 is 0 Å². The number of carbonyl (C=O) groups excluding carboxylic acids is 1. The number of hydrogen-bond donors (Lipinski definition) is 2. The SMILES string of the molecule is O=C(Nc1ccccc1)c1ccccc1Nc1nc2nc3ccccc3c(=O)n2cc1Br.[Cl-]. The van der Waals surface area contributed by atoms with Gasteiger partial charge in [0.25, 0.3) is 11.5 Å². The number of halogens is 2. The number of hydrogen-bond acceptors (Lipinski definition) is 5. The van der Waals surface area contributed by atoms with Crippen molar-refractivity contribution in [1.82, 2.24) is 14.4 Å². The third-order valence-corrected chi connectivity index (χ3v) is 5.51. The molecule has 5 rings (SSSR count). The lowest BCUT2D eigenvalue weighted by atomic mass is 10.1. The lowest BCUT2D eigenvalue weighted by Crippen LogP contribution is -3.00. The summed E-state index contributed by atoms with van der Waals surface area (Å²) in [6, 6.07) is 23.5. The highest BCUT2D eigenvalue weighted by Crippen LogP contribution is 2.27. The van der Waals surface area contributed by atoms with Gasteiger partial charge in [-0.3, -0.25) is 14.0 Å². The summed E-state index contributed by atoms with van der Waals surface area (Å²) >= 11 is 3.48. The quantitative estimate of drug-likeness (QED) is 0.353. The van der Waals surface area contributed by atoms with Crippen molar-refractivity contribution in [3.8, 4) is 0 Å². The van der Waals surface area contributed by atoms with Crippen molar-refractivity contribution in [2.45, 2.75) is 0 Å². The Bertz CT molecular complexity index is 1540. The highest BCUT2D eigenvalue weighted by atomic mass is 79.9. The summed E-state index contributed by atoms with van der Waals surface area (Å²) in [5.74, 6) is 0.439. The average molecular weight is 522 g/mol. The molecule has 0 fully saturated rings. The van der Waals surface area contributed by atoms with Gasteiger partial charge in [0, 0.05) is 11.9 Å². The molecule has 0 aliphatic rings. The van der Waals surface area contributed by atoms with Crippen LogP contribution in [0.1, 0.15) is 10.4 Å². The smallest absolute Gasteiger partial charge is 0.266 e. The van der Waals surface area contributed by atoms with Gasteiger partial charge in [0.05, 0.1) is 26.6 Å². The predicted octanol–water partition coefficient (Wildman–Crippen LogP) is 2.01. The molecule has 2 heterocycles. The molecule has 33 heavy (non-hydrogen) atoms. The lowest BCUT2D eigenvalue weighted by Gasteiger charge is -2.13. The van der Waals surface area contributed by atoms with Crippen LogP contribution in [-0.4, -0.2) is 20.3 Å². The molecule has 0 atom stereocenters. The van der Waals surface area contributed by atoms with Gasteiger partial charge < -0.3 is 23.0 Å². The summed E-state index contributed by atoms with van der Waals surface area (Å²) in [7, 11) is 0. The second kappa shape index (κ2) is 9.40. The van der Waals surface area contributed by atoms with Crippen molar-refractivity contribution in [2.24, 2.45) is 0 Å². The monoisotopic (exact) mass is 520 g/mol. The minimum atomic E-state index is -0.253. The van der Waals surface area contributed by atoms with Crippen molar-refractivity contribution in [3.63, 3.8) is 0 Å². The molecule has 1 amide bonds. The fraction of sp³-hybridized carbons (Fsp3) is 0. The number of benzene rings is 3. The molecule has 2 aromatic heterocycles. The topological polar surface area (TPSA) is 88.4 Å². The summed E-state index contributed by atoms with van der Waals surface area (Å²) in [6.45, 7) is 0. The Morgan fingerprint density at radius 2 is 1.58 bits per heavy atom. The zero-order chi connectivity index (χ0) is 22.1. The summed E-state index contributed by atoms with van der Waals surface area (Å²) in [5.41, 5.74) is 2.09. The van der Waals surface area contributed by atoms with E-state index in [9.17, 15) is 9.59 Å². The van der Waals surface area contributed by atoms with Crippen LogP contribution in [0.5, 0.6) is 0 Å². The van der Waals surface area contributed by atoms with Crippen molar-refractivity contribution in [1.29, 1.82) is 0 Å². The van der Waals surface area contributed by atoms with E-state index in [0.717, 1.165) is 0 Å². The standard InChI is InChI=1S/C24H16BrN5O2.ClH/c25-18-14-30-23(32)17-11-5-7-13-20(17)28-24(30)29-21(18)27-19-12-6-4-10-16(19)22(31)26-15-8-2-1-3-9-15;/h1-14H,(H,26,31)(H,27,28,29);1H/p-1. The number of para-hydroxylation sites is 3. The number of anilines is 3. The van der Waals surface area contributed by atoms with Crippen LogP contribution in [0.15, 0.2) is 94.3 Å². The molecule has 0 aliphatic heterocycles. The van der Waals surface area contributed by atoms with Crippen molar-refractivity contribution in [3.05, 3.63) is 105 Å². The summed E-state index contributed by atoms with van der Waals surface area (Å²) in [5, 5.41) is 6.60. The number of nitrogens with zero attached hydrogens (tertiary/aromatic N) is 3. The van der Waals surface area contributed by atoms with E-state index in [-0.39, 0.29) is 29.7 Å². The number of rotatable bonds is 4. The van der Waals surface area contributed by atoms with Gasteiger partial charge in [-0.1, -0.05) is 42.5 Å². The van der Waals surface area contributed by atoms with Gasteiger partial charge in [-0.05, 0) is 52.3 Å². The first kappa shape index (κ1) is 22.4. The fourth-order valence-electron chi connectivity index (χ4n) is 3.38. The zero-order valence-electron chi connectivity index (χ0n) is 17.0. The third-order valence-electron chi connectivity index (χ3n) is 4.93. The Morgan fingerprint density at radius 3 is 2.39 bits per heavy atom. The van der Waals surface area contributed by atoms with Gasteiger partial charge in [-0.25, -0.2) is 4.98 Å². The van der Waals surface area contributed by atoms with Crippen molar-refractivity contribution < 1.29 is 17.2 Å².